The fraction of sp³-hybridized carbons (Fsp3) is 0.391. The summed E-state index contributed by atoms with van der Waals surface area (Å²) in [6, 6.07) is 10.2. The number of nitrogens with one attached hydrogen (secondary N) is 2. The molecular weight excluding hydrogens is 414 g/mol. The van der Waals surface area contributed by atoms with Crippen molar-refractivity contribution in [1.29, 1.82) is 0 Å². The zero-order valence-electron chi connectivity index (χ0n) is 18.4. The van der Waals surface area contributed by atoms with Gasteiger partial charge in [-0.05, 0) is 60.4 Å². The van der Waals surface area contributed by atoms with Gasteiger partial charge in [0.1, 0.15) is 0 Å². The molecule has 1 aliphatic heterocycles. The summed E-state index contributed by atoms with van der Waals surface area (Å²) in [6.45, 7) is 8.36. The second-order valence-electron chi connectivity index (χ2n) is 8.14. The number of hydrogen-bond donors (Lipinski definition) is 2. The van der Waals surface area contributed by atoms with Crippen LogP contribution in [0.25, 0.3) is 0 Å². The molecule has 0 aliphatic carbocycles. The van der Waals surface area contributed by atoms with Gasteiger partial charge in [-0.2, -0.15) is 0 Å². The predicted molar refractivity (Wildman–Crippen MR) is 121 cm³/mol. The molecule has 0 bridgehead atoms. The van der Waals surface area contributed by atoms with E-state index < -0.39 is 10.0 Å². The van der Waals surface area contributed by atoms with Gasteiger partial charge >= 0.3 is 0 Å². The quantitative estimate of drug-likeness (QED) is 0.712. The number of anilines is 2. The van der Waals surface area contributed by atoms with Gasteiger partial charge in [0.15, 0.2) is 0 Å². The first kappa shape index (κ1) is 22.8. The Balaban J connectivity index is 1.80. The molecule has 0 aromatic heterocycles. The van der Waals surface area contributed by atoms with Crippen molar-refractivity contribution in [2.24, 2.45) is 5.92 Å². The topological polar surface area (TPSA) is 95.6 Å². The number of hydrogen-bond acceptors (Lipinski definition) is 4. The van der Waals surface area contributed by atoms with Crippen LogP contribution in [-0.4, -0.2) is 31.7 Å². The molecule has 0 saturated heterocycles. The SMILES string of the molecule is CCC(=O)Nc1ccc(S(=O)(=O)Nc2ccc3c(c2)CN(C(=O)C(C)C)CC3)c(C)c1. The highest BCUT2D eigenvalue weighted by molar-refractivity contribution is 7.92. The van der Waals surface area contributed by atoms with E-state index >= 15 is 0 Å². The average molecular weight is 444 g/mol. The van der Waals surface area contributed by atoms with E-state index in [2.05, 4.69) is 10.0 Å². The summed E-state index contributed by atoms with van der Waals surface area (Å²) >= 11 is 0. The van der Waals surface area contributed by atoms with Crippen LogP contribution in [-0.2, 0) is 32.6 Å². The molecule has 2 N–H and O–H groups in total. The monoisotopic (exact) mass is 443 g/mol. The number of aryl methyl sites for hydroxylation is 1. The smallest absolute Gasteiger partial charge is 0.262 e. The minimum absolute atomic E-state index is 0.0729. The van der Waals surface area contributed by atoms with Gasteiger partial charge in [-0.1, -0.05) is 26.8 Å². The summed E-state index contributed by atoms with van der Waals surface area (Å²) in [4.78, 5) is 25.9. The lowest BCUT2D eigenvalue weighted by Gasteiger charge is -2.30. The number of carbonyl (C=O) groups is 2. The molecule has 2 aromatic rings. The zero-order valence-corrected chi connectivity index (χ0v) is 19.2. The normalized spacial score (nSPS) is 13.6. The van der Waals surface area contributed by atoms with Crippen LogP contribution in [0.15, 0.2) is 41.3 Å². The van der Waals surface area contributed by atoms with Gasteiger partial charge in [-0.15, -0.1) is 0 Å². The standard InChI is InChI=1S/C23H29N3O4S/c1-5-22(27)24-19-8-9-21(16(4)12-19)31(29,30)25-20-7-6-17-10-11-26(14-18(17)13-20)23(28)15(2)3/h6-9,12-13,15,25H,5,10-11,14H2,1-4H3,(H,24,27). The minimum atomic E-state index is -3.81. The number of nitrogens with zero attached hydrogens (tertiary/aromatic N) is 1. The van der Waals surface area contributed by atoms with Gasteiger partial charge in [0.25, 0.3) is 10.0 Å². The second kappa shape index (κ2) is 9.09. The Labute approximate surface area is 183 Å². The summed E-state index contributed by atoms with van der Waals surface area (Å²) in [5, 5.41) is 2.73. The molecule has 7 nitrogen and oxygen atoms in total. The third kappa shape index (κ3) is 5.25. The highest BCUT2D eigenvalue weighted by atomic mass is 32.2. The second-order valence-corrected chi connectivity index (χ2v) is 9.79. The van der Waals surface area contributed by atoms with Crippen LogP contribution in [0.4, 0.5) is 11.4 Å². The van der Waals surface area contributed by atoms with E-state index in [1.807, 2.05) is 24.8 Å². The van der Waals surface area contributed by atoms with Crippen LogP contribution in [0.5, 0.6) is 0 Å². The van der Waals surface area contributed by atoms with Gasteiger partial charge in [-0.3, -0.25) is 14.3 Å². The first-order valence-electron chi connectivity index (χ1n) is 10.4. The first-order chi connectivity index (χ1) is 14.6. The molecule has 0 saturated carbocycles. The van der Waals surface area contributed by atoms with Crippen molar-refractivity contribution in [3.8, 4) is 0 Å². The molecule has 0 fully saturated rings. The van der Waals surface area contributed by atoms with Gasteiger partial charge in [-0.25, -0.2) is 8.42 Å². The summed E-state index contributed by atoms with van der Waals surface area (Å²) in [5.74, 6) is -0.106. The highest BCUT2D eigenvalue weighted by Crippen LogP contribution is 2.27. The van der Waals surface area contributed by atoms with Gasteiger partial charge in [0, 0.05) is 36.8 Å². The van der Waals surface area contributed by atoms with E-state index in [4.69, 9.17) is 0 Å². The molecular formula is C23H29N3O4S. The Morgan fingerprint density at radius 1 is 1.06 bits per heavy atom. The molecule has 3 rings (SSSR count). The Bertz CT molecular complexity index is 1110. The molecule has 2 aromatic carbocycles. The van der Waals surface area contributed by atoms with E-state index in [0.29, 0.717) is 36.4 Å². The Morgan fingerprint density at radius 2 is 1.77 bits per heavy atom. The number of rotatable bonds is 6. The fourth-order valence-electron chi connectivity index (χ4n) is 3.66. The minimum Gasteiger partial charge on any atom is -0.338 e. The highest BCUT2D eigenvalue weighted by Gasteiger charge is 2.24. The lowest BCUT2D eigenvalue weighted by atomic mass is 9.98. The molecule has 2 amide bonds. The van der Waals surface area contributed by atoms with Crippen molar-refractivity contribution in [2.45, 2.75) is 52.0 Å². The molecule has 0 unspecified atom stereocenters. The number of benzene rings is 2. The third-order valence-electron chi connectivity index (χ3n) is 5.35. The Morgan fingerprint density at radius 3 is 2.42 bits per heavy atom. The maximum atomic E-state index is 13.0. The van der Waals surface area contributed by atoms with Crippen LogP contribution in [0, 0.1) is 12.8 Å². The molecule has 0 radical (unpaired) electrons. The van der Waals surface area contributed by atoms with E-state index in [1.165, 1.54) is 6.07 Å². The summed E-state index contributed by atoms with van der Waals surface area (Å²) in [7, 11) is -3.81. The number of amides is 2. The molecule has 0 atom stereocenters. The van der Waals surface area contributed by atoms with Crippen LogP contribution < -0.4 is 10.0 Å². The summed E-state index contributed by atoms with van der Waals surface area (Å²) < 4.78 is 28.6. The first-order valence-corrected chi connectivity index (χ1v) is 11.9. The van der Waals surface area contributed by atoms with Crippen LogP contribution >= 0.6 is 0 Å². The van der Waals surface area contributed by atoms with E-state index in [-0.39, 0.29) is 22.6 Å². The van der Waals surface area contributed by atoms with Gasteiger partial charge in [0.2, 0.25) is 11.8 Å². The molecule has 31 heavy (non-hydrogen) atoms. The number of fused-ring (bicyclic) bond motifs is 1. The van der Waals surface area contributed by atoms with E-state index in [1.54, 1.807) is 38.1 Å². The van der Waals surface area contributed by atoms with Crippen molar-refractivity contribution >= 4 is 33.2 Å². The van der Waals surface area contributed by atoms with Crippen LogP contribution in [0.3, 0.4) is 0 Å². The van der Waals surface area contributed by atoms with Crippen molar-refractivity contribution in [1.82, 2.24) is 4.90 Å². The Kier molecular flexibility index (Phi) is 6.69. The number of sulfonamides is 1. The van der Waals surface area contributed by atoms with Crippen LogP contribution in [0.2, 0.25) is 0 Å². The summed E-state index contributed by atoms with van der Waals surface area (Å²) in [5.41, 5.74) is 3.64. The van der Waals surface area contributed by atoms with Crippen LogP contribution in [0.1, 0.15) is 43.9 Å². The molecule has 0 spiro atoms. The predicted octanol–water partition coefficient (Wildman–Crippen LogP) is 3.69. The fourth-order valence-corrected chi connectivity index (χ4v) is 4.94. The van der Waals surface area contributed by atoms with Gasteiger partial charge in [0.05, 0.1) is 4.90 Å². The zero-order chi connectivity index (χ0) is 22.8. The molecule has 8 heteroatoms. The summed E-state index contributed by atoms with van der Waals surface area (Å²) in [6.07, 6.45) is 1.10. The lowest BCUT2D eigenvalue weighted by molar-refractivity contribution is -0.135. The Hall–Kier alpha value is -2.87. The maximum absolute atomic E-state index is 13.0. The average Bonchev–Trinajstić information content (AvgIpc) is 2.72. The van der Waals surface area contributed by atoms with Gasteiger partial charge < -0.3 is 10.2 Å². The van der Waals surface area contributed by atoms with Crippen molar-refractivity contribution in [2.75, 3.05) is 16.6 Å². The molecule has 166 valence electrons. The maximum Gasteiger partial charge on any atom is 0.262 e. The molecule has 1 heterocycles. The van der Waals surface area contributed by atoms with Crippen molar-refractivity contribution < 1.29 is 18.0 Å². The molecule has 1 aliphatic rings. The van der Waals surface area contributed by atoms with Crippen molar-refractivity contribution in [3.05, 3.63) is 53.1 Å². The third-order valence-corrected chi connectivity index (χ3v) is 6.89. The number of carbonyl (C=O) groups excluding carboxylic acids is 2. The lowest BCUT2D eigenvalue weighted by Crippen LogP contribution is -2.38. The van der Waals surface area contributed by atoms with E-state index in [9.17, 15) is 18.0 Å². The van der Waals surface area contributed by atoms with E-state index in [0.717, 1.165) is 17.5 Å². The van der Waals surface area contributed by atoms with Crippen molar-refractivity contribution in [3.63, 3.8) is 0 Å². The largest absolute Gasteiger partial charge is 0.338 e.